The molecular weight excluding hydrogens is 364 g/mol. The lowest BCUT2D eigenvalue weighted by atomic mass is 10.1. The summed E-state index contributed by atoms with van der Waals surface area (Å²) in [5.41, 5.74) is 2.62. The summed E-state index contributed by atoms with van der Waals surface area (Å²) in [4.78, 5) is 28.9. The summed E-state index contributed by atoms with van der Waals surface area (Å²) in [6.45, 7) is 3.19. The highest BCUT2D eigenvalue weighted by Crippen LogP contribution is 2.22. The van der Waals surface area contributed by atoms with Crippen LogP contribution in [0.1, 0.15) is 35.0 Å². The summed E-state index contributed by atoms with van der Waals surface area (Å²) >= 11 is 0. The van der Waals surface area contributed by atoms with Crippen molar-refractivity contribution in [2.24, 2.45) is 0 Å². The minimum absolute atomic E-state index is 0.0657. The molecule has 0 saturated carbocycles. The summed E-state index contributed by atoms with van der Waals surface area (Å²) in [6, 6.07) is 20.7. The quantitative estimate of drug-likeness (QED) is 0.567. The number of carbonyl (C=O) groups excluding carboxylic acids is 2. The van der Waals surface area contributed by atoms with Crippen LogP contribution in [0.3, 0.4) is 0 Å². The second-order valence-electron chi connectivity index (χ2n) is 7.02. The van der Waals surface area contributed by atoms with Crippen molar-refractivity contribution in [2.75, 3.05) is 18.5 Å². The molecule has 29 heavy (non-hydrogen) atoms. The maximum absolute atomic E-state index is 13.1. The summed E-state index contributed by atoms with van der Waals surface area (Å²) in [5, 5.41) is 0. The lowest BCUT2D eigenvalue weighted by Crippen LogP contribution is -2.31. The van der Waals surface area contributed by atoms with E-state index in [-0.39, 0.29) is 17.6 Å². The van der Waals surface area contributed by atoms with Gasteiger partial charge in [0.05, 0.1) is 19.2 Å². The van der Waals surface area contributed by atoms with Gasteiger partial charge >= 0.3 is 0 Å². The van der Waals surface area contributed by atoms with Gasteiger partial charge in [-0.25, -0.2) is 0 Å². The molecule has 5 nitrogen and oxygen atoms in total. The number of amides is 2. The summed E-state index contributed by atoms with van der Waals surface area (Å²) in [7, 11) is 1.82. The van der Waals surface area contributed by atoms with Gasteiger partial charge in [-0.05, 0) is 41.8 Å². The first-order chi connectivity index (χ1) is 14.1. The number of nitrogens with zero attached hydrogens (tertiary/aromatic N) is 2. The van der Waals surface area contributed by atoms with E-state index in [1.54, 1.807) is 21.9 Å². The van der Waals surface area contributed by atoms with Crippen LogP contribution in [0.4, 0.5) is 5.69 Å². The molecule has 2 aromatic carbocycles. The van der Waals surface area contributed by atoms with Crippen molar-refractivity contribution >= 4 is 17.5 Å². The molecule has 0 atom stereocenters. The molecule has 0 aliphatic heterocycles. The van der Waals surface area contributed by atoms with Crippen molar-refractivity contribution in [1.82, 2.24) is 4.90 Å². The second-order valence-corrected chi connectivity index (χ2v) is 7.02. The van der Waals surface area contributed by atoms with Gasteiger partial charge in [-0.2, -0.15) is 0 Å². The van der Waals surface area contributed by atoms with Crippen LogP contribution >= 0.6 is 0 Å². The molecule has 3 aromatic rings. The van der Waals surface area contributed by atoms with Crippen LogP contribution in [0, 0.1) is 0 Å². The molecular formula is C24H26N2O3. The summed E-state index contributed by atoms with van der Waals surface area (Å²) in [6.07, 6.45) is 2.72. The van der Waals surface area contributed by atoms with Crippen molar-refractivity contribution < 1.29 is 14.0 Å². The van der Waals surface area contributed by atoms with Gasteiger partial charge in [0.2, 0.25) is 5.91 Å². The monoisotopic (exact) mass is 390 g/mol. The maximum Gasteiger partial charge on any atom is 0.294 e. The molecule has 2 amide bonds. The minimum Gasteiger partial charge on any atom is -0.459 e. The number of rotatable bonds is 8. The van der Waals surface area contributed by atoms with E-state index in [1.165, 1.54) is 6.26 Å². The van der Waals surface area contributed by atoms with E-state index < -0.39 is 0 Å². The Kier molecular flexibility index (Phi) is 6.85. The molecule has 0 aliphatic carbocycles. The van der Waals surface area contributed by atoms with Crippen LogP contribution in [0.2, 0.25) is 0 Å². The molecule has 1 heterocycles. The Morgan fingerprint density at radius 3 is 2.38 bits per heavy atom. The topological polar surface area (TPSA) is 53.8 Å². The van der Waals surface area contributed by atoms with Gasteiger partial charge in [0.1, 0.15) is 0 Å². The Labute approximate surface area is 171 Å². The molecule has 0 fully saturated rings. The Bertz CT molecular complexity index is 936. The smallest absolute Gasteiger partial charge is 0.294 e. The van der Waals surface area contributed by atoms with Crippen LogP contribution in [0.15, 0.2) is 77.4 Å². The fraction of sp³-hybridized carbons (Fsp3) is 0.250. The molecule has 0 unspecified atom stereocenters. The van der Waals surface area contributed by atoms with E-state index >= 15 is 0 Å². The highest BCUT2D eigenvalue weighted by atomic mass is 16.3. The molecule has 3 rings (SSSR count). The van der Waals surface area contributed by atoms with Gasteiger partial charge in [-0.1, -0.05) is 49.4 Å². The molecule has 0 radical (unpaired) electrons. The van der Waals surface area contributed by atoms with E-state index in [4.69, 9.17) is 4.42 Å². The average Bonchev–Trinajstić information content (AvgIpc) is 3.27. The first-order valence-electron chi connectivity index (χ1n) is 9.80. The Hall–Kier alpha value is -3.34. The molecule has 150 valence electrons. The van der Waals surface area contributed by atoms with E-state index in [9.17, 15) is 9.59 Å². The lowest BCUT2D eigenvalue weighted by Gasteiger charge is -2.23. The number of hydrogen-bond acceptors (Lipinski definition) is 3. The van der Waals surface area contributed by atoms with Crippen molar-refractivity contribution in [3.05, 3.63) is 89.9 Å². The molecule has 5 heteroatoms. The Balaban J connectivity index is 1.87. The average molecular weight is 390 g/mol. The van der Waals surface area contributed by atoms with E-state index in [0.717, 1.165) is 29.8 Å². The second kappa shape index (κ2) is 9.73. The van der Waals surface area contributed by atoms with Gasteiger partial charge in [0, 0.05) is 19.3 Å². The first-order valence-corrected chi connectivity index (χ1v) is 9.80. The number of likely N-dealkylation sites (N-methyl/N-ethyl adjacent to an activating group) is 1. The largest absolute Gasteiger partial charge is 0.459 e. The molecule has 0 N–H and O–H groups in total. The third-order valence-corrected chi connectivity index (χ3v) is 4.72. The highest BCUT2D eigenvalue weighted by molar-refractivity contribution is 6.04. The van der Waals surface area contributed by atoms with Crippen molar-refractivity contribution in [3.8, 4) is 0 Å². The zero-order valence-corrected chi connectivity index (χ0v) is 16.9. The van der Waals surface area contributed by atoms with Crippen LogP contribution in [-0.4, -0.2) is 30.3 Å². The SMILES string of the molecule is CCCN(C)C(=O)Cc1cccc(N(Cc2ccccc2)C(=O)c2ccco2)c1. The van der Waals surface area contributed by atoms with Crippen LogP contribution in [-0.2, 0) is 17.8 Å². The van der Waals surface area contributed by atoms with Gasteiger partial charge in [-0.3, -0.25) is 9.59 Å². The van der Waals surface area contributed by atoms with Crippen molar-refractivity contribution in [2.45, 2.75) is 26.3 Å². The zero-order chi connectivity index (χ0) is 20.6. The standard InChI is InChI=1S/C24H26N2O3/c1-3-14-25(2)23(27)17-20-11-7-12-21(16-20)26(18-19-9-5-4-6-10-19)24(28)22-13-8-15-29-22/h4-13,15-16H,3,14,17-18H2,1-2H3. The van der Waals surface area contributed by atoms with Crippen LogP contribution < -0.4 is 4.90 Å². The zero-order valence-electron chi connectivity index (χ0n) is 16.9. The predicted molar refractivity (Wildman–Crippen MR) is 114 cm³/mol. The van der Waals surface area contributed by atoms with E-state index in [2.05, 4.69) is 0 Å². The number of benzene rings is 2. The third-order valence-electron chi connectivity index (χ3n) is 4.72. The number of hydrogen-bond donors (Lipinski definition) is 0. The van der Waals surface area contributed by atoms with Gasteiger partial charge in [-0.15, -0.1) is 0 Å². The fourth-order valence-electron chi connectivity index (χ4n) is 3.18. The summed E-state index contributed by atoms with van der Waals surface area (Å²) < 4.78 is 5.34. The lowest BCUT2D eigenvalue weighted by molar-refractivity contribution is -0.129. The summed E-state index contributed by atoms with van der Waals surface area (Å²) in [5.74, 6) is 0.131. The van der Waals surface area contributed by atoms with Gasteiger partial charge in [0.15, 0.2) is 5.76 Å². The number of carbonyl (C=O) groups is 2. The Morgan fingerprint density at radius 2 is 1.69 bits per heavy atom. The maximum atomic E-state index is 13.1. The third kappa shape index (κ3) is 5.35. The van der Waals surface area contributed by atoms with Gasteiger partial charge in [0.25, 0.3) is 5.91 Å². The van der Waals surface area contributed by atoms with E-state index in [1.807, 2.05) is 68.6 Å². The van der Waals surface area contributed by atoms with Crippen LogP contribution in [0.5, 0.6) is 0 Å². The Morgan fingerprint density at radius 1 is 0.931 bits per heavy atom. The normalized spacial score (nSPS) is 10.6. The molecule has 0 aliphatic rings. The molecule has 0 saturated heterocycles. The molecule has 0 bridgehead atoms. The van der Waals surface area contributed by atoms with Crippen molar-refractivity contribution in [1.29, 1.82) is 0 Å². The molecule has 1 aromatic heterocycles. The molecule has 0 spiro atoms. The highest BCUT2D eigenvalue weighted by Gasteiger charge is 2.21. The predicted octanol–water partition coefficient (Wildman–Crippen LogP) is 4.54. The van der Waals surface area contributed by atoms with Crippen molar-refractivity contribution in [3.63, 3.8) is 0 Å². The number of furan rings is 1. The minimum atomic E-state index is -0.217. The first kappa shape index (κ1) is 20.4. The number of anilines is 1. The van der Waals surface area contributed by atoms with E-state index in [0.29, 0.717) is 13.0 Å². The van der Waals surface area contributed by atoms with Crippen LogP contribution in [0.25, 0.3) is 0 Å². The van der Waals surface area contributed by atoms with Gasteiger partial charge < -0.3 is 14.2 Å². The fourth-order valence-corrected chi connectivity index (χ4v) is 3.18.